The van der Waals surface area contributed by atoms with Crippen LogP contribution in [0, 0.1) is 6.92 Å². The van der Waals surface area contributed by atoms with Crippen LogP contribution in [0.25, 0.3) is 11.0 Å². The number of para-hydroxylation sites is 1. The summed E-state index contributed by atoms with van der Waals surface area (Å²) in [7, 11) is 1.73. The minimum atomic E-state index is 0.563. The maximum Gasteiger partial charge on any atom is 0.134 e. The van der Waals surface area contributed by atoms with Gasteiger partial charge >= 0.3 is 0 Å². The second kappa shape index (κ2) is 6.93. The van der Waals surface area contributed by atoms with Crippen LogP contribution in [0.2, 0.25) is 0 Å². The number of methoxy groups -OCH3 is 1. The summed E-state index contributed by atoms with van der Waals surface area (Å²) in [5.74, 6) is 2.61. The Morgan fingerprint density at radius 1 is 1.16 bits per heavy atom. The SMILES string of the molecule is COc1cccc(C2CCCN(Cc3oc4ccccc4c3C)C2)c1. The van der Waals surface area contributed by atoms with Crippen molar-refractivity contribution in [3.05, 3.63) is 65.4 Å². The normalized spacial score (nSPS) is 18.6. The van der Waals surface area contributed by atoms with Gasteiger partial charge in [-0.15, -0.1) is 0 Å². The van der Waals surface area contributed by atoms with Gasteiger partial charge in [-0.05, 0) is 61.6 Å². The maximum atomic E-state index is 6.12. The molecule has 0 spiro atoms. The third-order valence-corrected chi connectivity index (χ3v) is 5.38. The van der Waals surface area contributed by atoms with E-state index in [9.17, 15) is 0 Å². The van der Waals surface area contributed by atoms with E-state index in [-0.39, 0.29) is 0 Å². The van der Waals surface area contributed by atoms with E-state index in [1.54, 1.807) is 7.11 Å². The molecule has 2 aromatic carbocycles. The second-order valence-electron chi connectivity index (χ2n) is 7.00. The van der Waals surface area contributed by atoms with Crippen LogP contribution in [0.1, 0.15) is 35.6 Å². The van der Waals surface area contributed by atoms with Crippen LogP contribution in [-0.2, 0) is 6.54 Å². The molecule has 4 rings (SSSR count). The van der Waals surface area contributed by atoms with Crippen molar-refractivity contribution in [3.8, 4) is 5.75 Å². The number of furan rings is 1. The van der Waals surface area contributed by atoms with Gasteiger partial charge in [0.05, 0.1) is 13.7 Å². The monoisotopic (exact) mass is 335 g/mol. The fraction of sp³-hybridized carbons (Fsp3) is 0.364. The second-order valence-corrected chi connectivity index (χ2v) is 7.00. The fourth-order valence-electron chi connectivity index (χ4n) is 3.95. The minimum absolute atomic E-state index is 0.563. The van der Waals surface area contributed by atoms with Crippen LogP contribution >= 0.6 is 0 Å². The number of aryl methyl sites for hydroxylation is 1. The van der Waals surface area contributed by atoms with Crippen LogP contribution in [0.15, 0.2) is 52.9 Å². The quantitative estimate of drug-likeness (QED) is 0.661. The standard InChI is InChI=1S/C22H25NO2/c1-16-20-10-3-4-11-21(20)25-22(16)15-23-12-6-8-18(14-23)17-7-5-9-19(13-17)24-2/h3-5,7,9-11,13,18H,6,8,12,14-15H2,1-2H3. The number of ether oxygens (including phenoxy) is 1. The highest BCUT2D eigenvalue weighted by molar-refractivity contribution is 5.81. The van der Waals surface area contributed by atoms with Crippen molar-refractivity contribution in [1.29, 1.82) is 0 Å². The first-order valence-corrected chi connectivity index (χ1v) is 9.08. The van der Waals surface area contributed by atoms with Gasteiger partial charge in [-0.1, -0.05) is 30.3 Å². The Labute approximate surface area is 149 Å². The molecule has 1 aliphatic rings. The Kier molecular flexibility index (Phi) is 4.50. The Bertz CT molecular complexity index is 867. The molecule has 0 saturated carbocycles. The average Bonchev–Trinajstić information content (AvgIpc) is 2.98. The lowest BCUT2D eigenvalue weighted by Gasteiger charge is -2.32. The van der Waals surface area contributed by atoms with Gasteiger partial charge in [-0.2, -0.15) is 0 Å². The topological polar surface area (TPSA) is 25.6 Å². The Hall–Kier alpha value is -2.26. The first kappa shape index (κ1) is 16.2. The molecule has 0 N–H and O–H groups in total. The third kappa shape index (κ3) is 3.29. The highest BCUT2D eigenvalue weighted by Crippen LogP contribution is 2.31. The molecule has 1 aromatic heterocycles. The fourth-order valence-corrected chi connectivity index (χ4v) is 3.95. The molecular weight excluding hydrogens is 310 g/mol. The van der Waals surface area contributed by atoms with E-state index in [1.807, 2.05) is 12.1 Å². The number of likely N-dealkylation sites (tertiary alicyclic amines) is 1. The lowest BCUT2D eigenvalue weighted by Crippen LogP contribution is -2.33. The number of hydrogen-bond acceptors (Lipinski definition) is 3. The summed E-state index contributed by atoms with van der Waals surface area (Å²) in [5, 5.41) is 1.24. The molecule has 0 amide bonds. The van der Waals surface area contributed by atoms with Crippen LogP contribution in [0.5, 0.6) is 5.75 Å². The Balaban J connectivity index is 1.51. The summed E-state index contributed by atoms with van der Waals surface area (Å²) < 4.78 is 11.5. The van der Waals surface area contributed by atoms with Crippen LogP contribution < -0.4 is 4.74 Å². The highest BCUT2D eigenvalue weighted by Gasteiger charge is 2.23. The van der Waals surface area contributed by atoms with Gasteiger partial charge in [0.2, 0.25) is 0 Å². The van der Waals surface area contributed by atoms with E-state index in [0.29, 0.717) is 5.92 Å². The number of benzene rings is 2. The van der Waals surface area contributed by atoms with E-state index in [2.05, 4.69) is 48.2 Å². The maximum absolute atomic E-state index is 6.12. The summed E-state index contributed by atoms with van der Waals surface area (Å²) in [6.07, 6.45) is 2.46. The third-order valence-electron chi connectivity index (χ3n) is 5.38. The van der Waals surface area contributed by atoms with Crippen LogP contribution in [-0.4, -0.2) is 25.1 Å². The highest BCUT2D eigenvalue weighted by atomic mass is 16.5. The van der Waals surface area contributed by atoms with Crippen molar-refractivity contribution in [1.82, 2.24) is 4.90 Å². The van der Waals surface area contributed by atoms with Crippen molar-refractivity contribution in [2.45, 2.75) is 32.2 Å². The molecule has 0 radical (unpaired) electrons. The van der Waals surface area contributed by atoms with Crippen molar-refractivity contribution in [3.63, 3.8) is 0 Å². The summed E-state index contributed by atoms with van der Waals surface area (Å²) in [6, 6.07) is 16.8. The number of piperidine rings is 1. The van der Waals surface area contributed by atoms with Crippen LogP contribution in [0.4, 0.5) is 0 Å². The molecule has 3 aromatic rings. The summed E-state index contributed by atoms with van der Waals surface area (Å²) in [4.78, 5) is 2.53. The molecule has 3 heteroatoms. The van der Waals surface area contributed by atoms with Crippen molar-refractivity contribution < 1.29 is 9.15 Å². The van der Waals surface area contributed by atoms with Crippen molar-refractivity contribution >= 4 is 11.0 Å². The molecule has 1 unspecified atom stereocenters. The Morgan fingerprint density at radius 2 is 2.04 bits per heavy atom. The summed E-state index contributed by atoms with van der Waals surface area (Å²) >= 11 is 0. The van der Waals surface area contributed by atoms with E-state index in [4.69, 9.17) is 9.15 Å². The van der Waals surface area contributed by atoms with Gasteiger partial charge in [0.15, 0.2) is 0 Å². The molecule has 0 bridgehead atoms. The lowest BCUT2D eigenvalue weighted by atomic mass is 9.90. The van der Waals surface area contributed by atoms with Gasteiger partial charge in [0.25, 0.3) is 0 Å². The molecule has 1 aliphatic heterocycles. The lowest BCUT2D eigenvalue weighted by molar-refractivity contribution is 0.187. The van der Waals surface area contributed by atoms with Crippen LogP contribution in [0.3, 0.4) is 0 Å². The largest absolute Gasteiger partial charge is 0.497 e. The molecule has 1 atom stereocenters. The molecule has 3 nitrogen and oxygen atoms in total. The van der Waals surface area contributed by atoms with Crippen molar-refractivity contribution in [2.24, 2.45) is 0 Å². The number of fused-ring (bicyclic) bond motifs is 1. The zero-order valence-corrected chi connectivity index (χ0v) is 15.0. The van der Waals surface area contributed by atoms with E-state index >= 15 is 0 Å². The number of nitrogens with zero attached hydrogens (tertiary/aromatic N) is 1. The molecule has 2 heterocycles. The van der Waals surface area contributed by atoms with Gasteiger partial charge in [-0.3, -0.25) is 4.90 Å². The van der Waals surface area contributed by atoms with Gasteiger partial charge < -0.3 is 9.15 Å². The zero-order chi connectivity index (χ0) is 17.2. The average molecular weight is 335 g/mol. The minimum Gasteiger partial charge on any atom is -0.497 e. The summed E-state index contributed by atoms with van der Waals surface area (Å²) in [5.41, 5.74) is 3.65. The predicted octanol–water partition coefficient (Wildman–Crippen LogP) is 5.13. The molecule has 130 valence electrons. The van der Waals surface area contributed by atoms with Crippen molar-refractivity contribution in [2.75, 3.05) is 20.2 Å². The molecule has 1 fully saturated rings. The predicted molar refractivity (Wildman–Crippen MR) is 101 cm³/mol. The number of rotatable bonds is 4. The zero-order valence-electron chi connectivity index (χ0n) is 15.0. The van der Waals surface area contributed by atoms with E-state index in [1.165, 1.54) is 29.4 Å². The van der Waals surface area contributed by atoms with Gasteiger partial charge in [-0.25, -0.2) is 0 Å². The van der Waals surface area contributed by atoms with E-state index in [0.717, 1.165) is 36.7 Å². The molecule has 0 aliphatic carbocycles. The van der Waals surface area contributed by atoms with E-state index < -0.39 is 0 Å². The molecular formula is C22H25NO2. The smallest absolute Gasteiger partial charge is 0.134 e. The first-order chi connectivity index (χ1) is 12.2. The number of hydrogen-bond donors (Lipinski definition) is 0. The Morgan fingerprint density at radius 3 is 2.88 bits per heavy atom. The van der Waals surface area contributed by atoms with Gasteiger partial charge in [0.1, 0.15) is 17.1 Å². The first-order valence-electron chi connectivity index (χ1n) is 9.08. The molecule has 25 heavy (non-hydrogen) atoms. The summed E-state index contributed by atoms with van der Waals surface area (Å²) in [6.45, 7) is 5.27. The van der Waals surface area contributed by atoms with Gasteiger partial charge in [0, 0.05) is 11.9 Å². The molecule has 1 saturated heterocycles.